The molecule has 1 amide bonds. The Hall–Kier alpha value is -1.45. The van der Waals surface area contributed by atoms with Crippen molar-refractivity contribution in [1.29, 1.82) is 0 Å². The molecule has 18 heavy (non-hydrogen) atoms. The second kappa shape index (κ2) is 5.94. The summed E-state index contributed by atoms with van der Waals surface area (Å²) in [5.41, 5.74) is 0. The summed E-state index contributed by atoms with van der Waals surface area (Å²) in [6.45, 7) is 4.31. The van der Waals surface area contributed by atoms with Crippen LogP contribution in [0.4, 0.5) is 5.13 Å². The number of carbonyl (C=O) groups is 1. The number of likely N-dealkylation sites (tertiary alicyclic amines) is 1. The van der Waals surface area contributed by atoms with Gasteiger partial charge in [0.2, 0.25) is 11.0 Å². The topological polar surface area (TPSA) is 58.1 Å². The second-order valence-corrected chi connectivity index (χ2v) is 5.55. The van der Waals surface area contributed by atoms with Crippen LogP contribution in [0.2, 0.25) is 0 Å². The summed E-state index contributed by atoms with van der Waals surface area (Å²) >= 11 is 1.40. The van der Waals surface area contributed by atoms with Gasteiger partial charge in [-0.15, -0.1) is 16.6 Å². The van der Waals surface area contributed by atoms with Gasteiger partial charge in [-0.1, -0.05) is 17.3 Å². The van der Waals surface area contributed by atoms with E-state index in [1.807, 2.05) is 6.92 Å². The van der Waals surface area contributed by atoms with Crippen LogP contribution in [0, 0.1) is 25.2 Å². The van der Waals surface area contributed by atoms with Gasteiger partial charge >= 0.3 is 0 Å². The zero-order valence-corrected chi connectivity index (χ0v) is 11.2. The molecule has 0 atom stereocenters. The molecule has 0 aliphatic carbocycles. The van der Waals surface area contributed by atoms with Crippen molar-refractivity contribution in [3.05, 3.63) is 5.01 Å². The van der Waals surface area contributed by atoms with Crippen LogP contribution in [-0.2, 0) is 4.79 Å². The van der Waals surface area contributed by atoms with Gasteiger partial charge in [0.15, 0.2) is 0 Å². The summed E-state index contributed by atoms with van der Waals surface area (Å²) in [5.74, 6) is 2.74. The van der Waals surface area contributed by atoms with Gasteiger partial charge in [0.25, 0.3) is 0 Å². The lowest BCUT2D eigenvalue weighted by atomic mass is 9.96. The Morgan fingerprint density at radius 1 is 1.56 bits per heavy atom. The summed E-state index contributed by atoms with van der Waals surface area (Å²) < 4.78 is 0. The third-order valence-corrected chi connectivity index (χ3v) is 3.78. The normalized spacial score (nSPS) is 17.3. The van der Waals surface area contributed by atoms with Crippen LogP contribution in [0.1, 0.15) is 17.8 Å². The molecule has 1 saturated heterocycles. The van der Waals surface area contributed by atoms with E-state index < -0.39 is 0 Å². The molecule has 5 nitrogen and oxygen atoms in total. The maximum absolute atomic E-state index is 12.0. The van der Waals surface area contributed by atoms with Crippen LogP contribution < -0.4 is 5.32 Å². The number of anilines is 1. The average Bonchev–Trinajstić information content (AvgIpc) is 2.76. The third-order valence-electron chi connectivity index (χ3n) is 3.03. The predicted molar refractivity (Wildman–Crippen MR) is 71.3 cm³/mol. The fourth-order valence-electron chi connectivity index (χ4n) is 2.04. The number of hydrogen-bond acceptors (Lipinski definition) is 5. The summed E-state index contributed by atoms with van der Waals surface area (Å²) in [5, 5.41) is 12.0. The maximum atomic E-state index is 12.0. The Labute approximate surface area is 111 Å². The van der Waals surface area contributed by atoms with E-state index in [1.54, 1.807) is 0 Å². The van der Waals surface area contributed by atoms with E-state index in [9.17, 15) is 4.79 Å². The maximum Gasteiger partial charge on any atom is 0.229 e. The third kappa shape index (κ3) is 3.28. The first-order valence-corrected chi connectivity index (χ1v) is 6.77. The lowest BCUT2D eigenvalue weighted by Gasteiger charge is -2.29. The molecule has 1 aliphatic heterocycles. The van der Waals surface area contributed by atoms with Gasteiger partial charge in [0, 0.05) is 5.92 Å². The number of rotatable bonds is 3. The molecule has 0 radical (unpaired) electrons. The predicted octanol–water partition coefficient (Wildman–Crippen LogP) is 1.13. The van der Waals surface area contributed by atoms with Gasteiger partial charge in [-0.25, -0.2) is 0 Å². The molecule has 1 aromatic heterocycles. The highest BCUT2D eigenvalue weighted by atomic mass is 32.1. The summed E-state index contributed by atoms with van der Waals surface area (Å²) in [6.07, 6.45) is 6.98. The Balaban J connectivity index is 1.83. The number of carbonyl (C=O) groups excluding carboxylic acids is 1. The number of aromatic nitrogens is 2. The van der Waals surface area contributed by atoms with Gasteiger partial charge in [-0.3, -0.25) is 9.69 Å². The van der Waals surface area contributed by atoms with E-state index in [2.05, 4.69) is 26.3 Å². The van der Waals surface area contributed by atoms with Crippen LogP contribution in [0.25, 0.3) is 0 Å². The highest BCUT2D eigenvalue weighted by molar-refractivity contribution is 7.15. The van der Waals surface area contributed by atoms with Crippen molar-refractivity contribution in [3.63, 3.8) is 0 Å². The molecule has 0 aromatic carbocycles. The van der Waals surface area contributed by atoms with Crippen LogP contribution in [-0.4, -0.2) is 40.6 Å². The zero-order chi connectivity index (χ0) is 13.0. The van der Waals surface area contributed by atoms with Gasteiger partial charge in [-0.2, -0.15) is 0 Å². The van der Waals surface area contributed by atoms with Crippen molar-refractivity contribution in [1.82, 2.24) is 15.1 Å². The minimum Gasteiger partial charge on any atom is -0.300 e. The summed E-state index contributed by atoms with van der Waals surface area (Å²) in [7, 11) is 0. The van der Waals surface area contributed by atoms with Crippen molar-refractivity contribution in [2.75, 3.05) is 25.0 Å². The van der Waals surface area contributed by atoms with E-state index in [-0.39, 0.29) is 11.8 Å². The Kier molecular flexibility index (Phi) is 4.28. The molecule has 2 rings (SSSR count). The zero-order valence-electron chi connectivity index (χ0n) is 10.3. The van der Waals surface area contributed by atoms with Crippen LogP contribution in [0.3, 0.4) is 0 Å². The van der Waals surface area contributed by atoms with Gasteiger partial charge in [-0.05, 0) is 32.9 Å². The van der Waals surface area contributed by atoms with Crippen LogP contribution in [0.15, 0.2) is 0 Å². The fourth-order valence-corrected chi connectivity index (χ4v) is 2.63. The molecule has 0 unspecified atom stereocenters. The number of amides is 1. The van der Waals surface area contributed by atoms with Gasteiger partial charge in [0.05, 0.1) is 6.54 Å². The first-order chi connectivity index (χ1) is 8.69. The number of terminal acetylenes is 1. The van der Waals surface area contributed by atoms with Crippen LogP contribution in [0.5, 0.6) is 0 Å². The van der Waals surface area contributed by atoms with Crippen LogP contribution >= 0.6 is 11.3 Å². The standard InChI is InChI=1S/C12H16N4OS/c1-3-6-16-7-4-10(5-8-16)11(17)13-12-15-14-9(2)18-12/h1,10H,4-8H2,2H3,(H,13,15,17). The van der Waals surface area contributed by atoms with E-state index >= 15 is 0 Å². The molecule has 6 heteroatoms. The number of piperidine rings is 1. The Bertz CT molecular complexity index is 457. The molecule has 1 N–H and O–H groups in total. The lowest BCUT2D eigenvalue weighted by molar-refractivity contribution is -0.121. The molecule has 2 heterocycles. The molecule has 1 fully saturated rings. The number of hydrogen-bond donors (Lipinski definition) is 1. The molecule has 0 saturated carbocycles. The molecule has 96 valence electrons. The Morgan fingerprint density at radius 2 is 2.28 bits per heavy atom. The molecule has 0 spiro atoms. The van der Waals surface area contributed by atoms with E-state index in [1.165, 1.54) is 11.3 Å². The van der Waals surface area contributed by atoms with E-state index in [4.69, 9.17) is 6.42 Å². The number of nitrogens with zero attached hydrogens (tertiary/aromatic N) is 3. The van der Waals surface area contributed by atoms with Gasteiger partial charge in [0.1, 0.15) is 5.01 Å². The molecular weight excluding hydrogens is 248 g/mol. The largest absolute Gasteiger partial charge is 0.300 e. The smallest absolute Gasteiger partial charge is 0.229 e. The molecular formula is C12H16N4OS. The first-order valence-electron chi connectivity index (χ1n) is 5.96. The van der Waals surface area contributed by atoms with Crippen molar-refractivity contribution in [2.24, 2.45) is 5.92 Å². The Morgan fingerprint density at radius 3 is 2.83 bits per heavy atom. The summed E-state index contributed by atoms with van der Waals surface area (Å²) in [4.78, 5) is 14.2. The minimum atomic E-state index is 0.0477. The van der Waals surface area contributed by atoms with Crippen molar-refractivity contribution in [2.45, 2.75) is 19.8 Å². The minimum absolute atomic E-state index is 0.0477. The summed E-state index contributed by atoms with van der Waals surface area (Å²) in [6, 6.07) is 0. The molecule has 0 bridgehead atoms. The lowest BCUT2D eigenvalue weighted by Crippen LogP contribution is -2.38. The molecule has 1 aromatic rings. The monoisotopic (exact) mass is 264 g/mol. The first kappa shape index (κ1) is 13.0. The van der Waals surface area contributed by atoms with Crippen molar-refractivity contribution >= 4 is 22.4 Å². The number of aryl methyl sites for hydroxylation is 1. The highest BCUT2D eigenvalue weighted by Crippen LogP contribution is 2.20. The quantitative estimate of drug-likeness (QED) is 0.832. The van der Waals surface area contributed by atoms with Crippen molar-refractivity contribution < 1.29 is 4.79 Å². The average molecular weight is 264 g/mol. The van der Waals surface area contributed by atoms with E-state index in [0.717, 1.165) is 30.9 Å². The molecule has 1 aliphatic rings. The van der Waals surface area contributed by atoms with E-state index in [0.29, 0.717) is 11.7 Å². The highest BCUT2D eigenvalue weighted by Gasteiger charge is 2.25. The second-order valence-electron chi connectivity index (χ2n) is 4.37. The number of nitrogens with one attached hydrogen (secondary N) is 1. The van der Waals surface area contributed by atoms with Gasteiger partial charge < -0.3 is 5.32 Å². The van der Waals surface area contributed by atoms with Crippen molar-refractivity contribution in [3.8, 4) is 12.3 Å². The fraction of sp³-hybridized carbons (Fsp3) is 0.583. The SMILES string of the molecule is C#CCN1CCC(C(=O)Nc2nnc(C)s2)CC1.